The van der Waals surface area contributed by atoms with Crippen LogP contribution in [0.1, 0.15) is 33.3 Å². The van der Waals surface area contributed by atoms with Gasteiger partial charge in [0.25, 0.3) is 5.91 Å². The summed E-state index contributed by atoms with van der Waals surface area (Å²) in [5.41, 5.74) is 4.62. The van der Waals surface area contributed by atoms with Crippen LogP contribution in [0.5, 0.6) is 0 Å². The summed E-state index contributed by atoms with van der Waals surface area (Å²) in [5, 5.41) is 1.69. The maximum atomic E-state index is 13.1. The number of hydrogen-bond acceptors (Lipinski definition) is 4. The van der Waals surface area contributed by atoms with Crippen molar-refractivity contribution >= 4 is 28.4 Å². The van der Waals surface area contributed by atoms with Crippen molar-refractivity contribution in [3.8, 4) is 0 Å². The van der Waals surface area contributed by atoms with Crippen LogP contribution >= 0.6 is 11.6 Å². The van der Waals surface area contributed by atoms with E-state index < -0.39 is 0 Å². The SMILES string of the molecule is O=C(c1ccc2ncccc2c1)N1CCO[C@@H](c2ccc(Cc3cccc(Cl)c3)cn2)C1. The van der Waals surface area contributed by atoms with E-state index in [0.29, 0.717) is 25.3 Å². The standard InChI is InChI=1S/C26H22ClN3O2/c27-22-5-1-3-18(14-22)13-19-6-8-24(29-16-19)25-17-30(11-12-32-25)26(31)21-7-9-23-20(15-21)4-2-10-28-23/h1-10,14-16,25H,11-13,17H2/t25-/m1/s1. The molecule has 0 spiro atoms. The van der Waals surface area contributed by atoms with E-state index in [4.69, 9.17) is 16.3 Å². The number of rotatable bonds is 4. The highest BCUT2D eigenvalue weighted by atomic mass is 35.5. The molecule has 1 fully saturated rings. The molecule has 0 radical (unpaired) electrons. The van der Waals surface area contributed by atoms with Gasteiger partial charge in [-0.2, -0.15) is 0 Å². The van der Waals surface area contributed by atoms with Crippen LogP contribution in [-0.2, 0) is 11.2 Å². The normalized spacial score (nSPS) is 16.3. The highest BCUT2D eigenvalue weighted by Gasteiger charge is 2.27. The smallest absolute Gasteiger partial charge is 0.254 e. The van der Waals surface area contributed by atoms with E-state index in [0.717, 1.165) is 39.2 Å². The van der Waals surface area contributed by atoms with Gasteiger partial charge in [0.2, 0.25) is 0 Å². The molecule has 2 aromatic heterocycles. The molecule has 5 nitrogen and oxygen atoms in total. The monoisotopic (exact) mass is 443 g/mol. The van der Waals surface area contributed by atoms with E-state index in [-0.39, 0.29) is 12.0 Å². The molecule has 5 rings (SSSR count). The molecule has 1 atom stereocenters. The van der Waals surface area contributed by atoms with Gasteiger partial charge in [-0.25, -0.2) is 0 Å². The van der Waals surface area contributed by atoms with Crippen molar-refractivity contribution in [3.05, 3.63) is 107 Å². The van der Waals surface area contributed by atoms with E-state index in [1.165, 1.54) is 0 Å². The maximum absolute atomic E-state index is 13.1. The highest BCUT2D eigenvalue weighted by molar-refractivity contribution is 6.30. The number of nitrogens with zero attached hydrogens (tertiary/aromatic N) is 3. The van der Waals surface area contributed by atoms with Crippen LogP contribution in [-0.4, -0.2) is 40.5 Å². The molecule has 0 bridgehead atoms. The molecule has 1 aliphatic rings. The molecule has 0 unspecified atom stereocenters. The minimum absolute atomic E-state index is 0.00151. The third kappa shape index (κ3) is 4.49. The Labute approximate surface area is 191 Å². The Hall–Kier alpha value is -3.28. The minimum atomic E-state index is -0.241. The molecule has 1 saturated heterocycles. The van der Waals surface area contributed by atoms with E-state index in [9.17, 15) is 4.79 Å². The Morgan fingerprint density at radius 1 is 1.03 bits per heavy atom. The second-order valence-electron chi connectivity index (χ2n) is 7.92. The van der Waals surface area contributed by atoms with Crippen molar-refractivity contribution in [2.75, 3.05) is 19.7 Å². The fourth-order valence-electron chi connectivity index (χ4n) is 4.02. The molecule has 2 aromatic carbocycles. The first-order valence-corrected chi connectivity index (χ1v) is 11.0. The number of carbonyl (C=O) groups is 1. The molecule has 32 heavy (non-hydrogen) atoms. The number of benzene rings is 2. The zero-order chi connectivity index (χ0) is 21.9. The molecular formula is C26H22ClN3O2. The summed E-state index contributed by atoms with van der Waals surface area (Å²) in [6.45, 7) is 1.52. The van der Waals surface area contributed by atoms with E-state index >= 15 is 0 Å². The summed E-state index contributed by atoms with van der Waals surface area (Å²) < 4.78 is 5.94. The number of aromatic nitrogens is 2. The molecule has 4 aromatic rings. The molecule has 1 aliphatic heterocycles. The Balaban J connectivity index is 1.28. The molecule has 160 valence electrons. The van der Waals surface area contributed by atoms with Gasteiger partial charge in [-0.3, -0.25) is 14.8 Å². The van der Waals surface area contributed by atoms with Crippen molar-refractivity contribution in [1.29, 1.82) is 0 Å². The number of pyridine rings is 2. The highest BCUT2D eigenvalue weighted by Crippen LogP contribution is 2.24. The molecular weight excluding hydrogens is 422 g/mol. The van der Waals surface area contributed by atoms with Gasteiger partial charge in [0.1, 0.15) is 6.10 Å². The zero-order valence-electron chi connectivity index (χ0n) is 17.4. The van der Waals surface area contributed by atoms with E-state index in [1.54, 1.807) is 6.20 Å². The Morgan fingerprint density at radius 3 is 2.81 bits per heavy atom. The van der Waals surface area contributed by atoms with Gasteiger partial charge in [-0.05, 0) is 60.0 Å². The van der Waals surface area contributed by atoms with Gasteiger partial charge < -0.3 is 9.64 Å². The maximum Gasteiger partial charge on any atom is 0.254 e. The first-order valence-electron chi connectivity index (χ1n) is 10.6. The number of hydrogen-bond donors (Lipinski definition) is 0. The van der Waals surface area contributed by atoms with Crippen LogP contribution in [0.4, 0.5) is 0 Å². The quantitative estimate of drug-likeness (QED) is 0.441. The average Bonchev–Trinajstić information content (AvgIpc) is 2.84. The number of fused-ring (bicyclic) bond motifs is 1. The number of halogens is 1. The first kappa shape index (κ1) is 20.6. The number of ether oxygens (including phenoxy) is 1. The molecule has 6 heteroatoms. The third-order valence-electron chi connectivity index (χ3n) is 5.68. The number of amides is 1. The predicted octanol–water partition coefficient (Wildman–Crippen LogP) is 5.09. The first-order chi connectivity index (χ1) is 15.7. The summed E-state index contributed by atoms with van der Waals surface area (Å²) in [4.78, 5) is 23.9. The van der Waals surface area contributed by atoms with Gasteiger partial charge in [0, 0.05) is 34.9 Å². The molecule has 1 amide bonds. The molecule has 3 heterocycles. The second-order valence-corrected chi connectivity index (χ2v) is 8.36. The summed E-state index contributed by atoms with van der Waals surface area (Å²) in [5.74, 6) is 0.00151. The van der Waals surface area contributed by atoms with Crippen LogP contribution in [0, 0.1) is 0 Å². The van der Waals surface area contributed by atoms with Crippen LogP contribution in [0.2, 0.25) is 5.02 Å². The predicted molar refractivity (Wildman–Crippen MR) is 125 cm³/mol. The fraction of sp³-hybridized carbons (Fsp3) is 0.192. The topological polar surface area (TPSA) is 55.3 Å². The molecule has 0 saturated carbocycles. The van der Waals surface area contributed by atoms with Crippen molar-refractivity contribution in [2.24, 2.45) is 0 Å². The lowest BCUT2D eigenvalue weighted by atomic mass is 10.1. The Morgan fingerprint density at radius 2 is 1.97 bits per heavy atom. The third-order valence-corrected chi connectivity index (χ3v) is 5.91. The number of carbonyl (C=O) groups excluding carboxylic acids is 1. The van der Waals surface area contributed by atoms with Crippen LogP contribution in [0.3, 0.4) is 0 Å². The average molecular weight is 444 g/mol. The summed E-state index contributed by atoms with van der Waals surface area (Å²) >= 11 is 6.08. The van der Waals surface area contributed by atoms with Gasteiger partial charge in [0.15, 0.2) is 0 Å². The van der Waals surface area contributed by atoms with E-state index in [1.807, 2.05) is 65.7 Å². The van der Waals surface area contributed by atoms with Gasteiger partial charge in [-0.15, -0.1) is 0 Å². The van der Waals surface area contributed by atoms with Gasteiger partial charge in [-0.1, -0.05) is 35.9 Å². The Kier molecular flexibility index (Phi) is 5.84. The second kappa shape index (κ2) is 9.07. The lowest BCUT2D eigenvalue weighted by molar-refractivity contribution is -0.0247. The minimum Gasteiger partial charge on any atom is -0.368 e. The summed E-state index contributed by atoms with van der Waals surface area (Å²) in [7, 11) is 0. The van der Waals surface area contributed by atoms with Crippen molar-refractivity contribution in [3.63, 3.8) is 0 Å². The van der Waals surface area contributed by atoms with Crippen molar-refractivity contribution in [1.82, 2.24) is 14.9 Å². The Bertz CT molecular complexity index is 1260. The lowest BCUT2D eigenvalue weighted by Crippen LogP contribution is -2.42. The van der Waals surface area contributed by atoms with Crippen LogP contribution in [0.25, 0.3) is 10.9 Å². The lowest BCUT2D eigenvalue weighted by Gasteiger charge is -2.32. The largest absolute Gasteiger partial charge is 0.368 e. The van der Waals surface area contributed by atoms with Crippen LogP contribution in [0.15, 0.2) is 79.1 Å². The summed E-state index contributed by atoms with van der Waals surface area (Å²) in [6.07, 6.45) is 4.15. The van der Waals surface area contributed by atoms with Crippen molar-refractivity contribution < 1.29 is 9.53 Å². The van der Waals surface area contributed by atoms with Gasteiger partial charge >= 0.3 is 0 Å². The number of morpholine rings is 1. The summed E-state index contributed by atoms with van der Waals surface area (Å²) in [6, 6.07) is 21.4. The van der Waals surface area contributed by atoms with E-state index in [2.05, 4.69) is 22.1 Å². The fourth-order valence-corrected chi connectivity index (χ4v) is 4.23. The zero-order valence-corrected chi connectivity index (χ0v) is 18.2. The van der Waals surface area contributed by atoms with Crippen LogP contribution < -0.4 is 0 Å². The van der Waals surface area contributed by atoms with Crippen molar-refractivity contribution in [2.45, 2.75) is 12.5 Å². The molecule has 0 N–H and O–H groups in total. The van der Waals surface area contributed by atoms with Gasteiger partial charge in [0.05, 0.1) is 24.4 Å². The molecule has 0 aliphatic carbocycles.